The van der Waals surface area contributed by atoms with Gasteiger partial charge in [-0.25, -0.2) is 9.78 Å². The van der Waals surface area contributed by atoms with Crippen LogP contribution in [0, 0.1) is 13.8 Å². The minimum atomic E-state index is -0.0245. The van der Waals surface area contributed by atoms with Gasteiger partial charge in [0.15, 0.2) is 4.96 Å². The van der Waals surface area contributed by atoms with Crippen LogP contribution in [-0.4, -0.2) is 38.6 Å². The Balaban J connectivity index is 1.37. The predicted octanol–water partition coefficient (Wildman–Crippen LogP) is 3.09. The lowest BCUT2D eigenvalue weighted by Gasteiger charge is -2.25. The van der Waals surface area contributed by atoms with Gasteiger partial charge in [0.25, 0.3) is 0 Å². The van der Waals surface area contributed by atoms with Crippen molar-refractivity contribution in [3.63, 3.8) is 0 Å². The van der Waals surface area contributed by atoms with E-state index in [4.69, 9.17) is 4.52 Å². The molecule has 1 saturated heterocycles. The standard InChI is InChI=1S/C17H21N5O2S/c1-11-15(12(2)24-20-11)14-4-3-7-22(14)16(23)18-6-5-13-10-21-8-9-25-17(21)19-13/h8-10,14H,3-7H2,1-2H3,(H,18,23)/t14-/m1/s1. The molecular weight excluding hydrogens is 338 g/mol. The van der Waals surface area contributed by atoms with Gasteiger partial charge in [-0.15, -0.1) is 11.3 Å². The highest BCUT2D eigenvalue weighted by Crippen LogP contribution is 2.35. The predicted molar refractivity (Wildman–Crippen MR) is 94.8 cm³/mol. The molecule has 3 aromatic heterocycles. The second kappa shape index (κ2) is 6.51. The highest BCUT2D eigenvalue weighted by Gasteiger charge is 2.33. The van der Waals surface area contributed by atoms with Crippen LogP contribution in [0.2, 0.25) is 0 Å². The monoisotopic (exact) mass is 359 g/mol. The molecule has 2 amide bonds. The number of hydrogen-bond donors (Lipinski definition) is 1. The number of imidazole rings is 1. The number of aromatic nitrogens is 3. The van der Waals surface area contributed by atoms with Crippen molar-refractivity contribution in [1.29, 1.82) is 0 Å². The molecule has 1 aliphatic rings. The maximum atomic E-state index is 12.6. The minimum Gasteiger partial charge on any atom is -0.361 e. The number of carbonyl (C=O) groups is 1. The topological polar surface area (TPSA) is 75.7 Å². The minimum absolute atomic E-state index is 0.0245. The lowest BCUT2D eigenvalue weighted by atomic mass is 10.0. The van der Waals surface area contributed by atoms with Crippen molar-refractivity contribution in [3.8, 4) is 0 Å². The van der Waals surface area contributed by atoms with Gasteiger partial charge in [-0.2, -0.15) is 0 Å². The first-order valence-electron chi connectivity index (χ1n) is 8.52. The molecule has 1 fully saturated rings. The molecule has 0 aliphatic carbocycles. The molecule has 1 aliphatic heterocycles. The Morgan fingerprint density at radius 1 is 1.48 bits per heavy atom. The first-order valence-corrected chi connectivity index (χ1v) is 9.40. The molecule has 8 heteroatoms. The van der Waals surface area contributed by atoms with Crippen molar-refractivity contribution in [2.24, 2.45) is 0 Å². The highest BCUT2D eigenvalue weighted by atomic mass is 32.1. The summed E-state index contributed by atoms with van der Waals surface area (Å²) in [6.07, 6.45) is 6.69. The fourth-order valence-corrected chi connectivity index (χ4v) is 4.29. The number of urea groups is 1. The zero-order valence-corrected chi connectivity index (χ0v) is 15.2. The van der Waals surface area contributed by atoms with Gasteiger partial charge in [-0.1, -0.05) is 5.16 Å². The van der Waals surface area contributed by atoms with E-state index >= 15 is 0 Å². The number of thiazole rings is 1. The molecule has 0 unspecified atom stereocenters. The van der Waals surface area contributed by atoms with Crippen LogP contribution in [0.4, 0.5) is 4.79 Å². The Morgan fingerprint density at radius 3 is 3.12 bits per heavy atom. The van der Waals surface area contributed by atoms with E-state index in [-0.39, 0.29) is 12.1 Å². The summed E-state index contributed by atoms with van der Waals surface area (Å²) in [5, 5.41) is 9.07. The summed E-state index contributed by atoms with van der Waals surface area (Å²) in [4.78, 5) is 20.1. The summed E-state index contributed by atoms with van der Waals surface area (Å²) < 4.78 is 7.29. The molecule has 3 aromatic rings. The van der Waals surface area contributed by atoms with Gasteiger partial charge >= 0.3 is 6.03 Å². The Labute approximate surface area is 149 Å². The molecule has 0 saturated carbocycles. The number of rotatable bonds is 4. The smallest absolute Gasteiger partial charge is 0.317 e. The average molecular weight is 359 g/mol. The Morgan fingerprint density at radius 2 is 2.36 bits per heavy atom. The summed E-state index contributed by atoms with van der Waals surface area (Å²) in [6.45, 7) is 5.19. The van der Waals surface area contributed by atoms with E-state index in [2.05, 4.69) is 15.5 Å². The first-order chi connectivity index (χ1) is 12.1. The number of aryl methyl sites for hydroxylation is 2. The number of amides is 2. The lowest BCUT2D eigenvalue weighted by molar-refractivity contribution is 0.192. The van der Waals surface area contributed by atoms with Crippen LogP contribution in [0.25, 0.3) is 4.96 Å². The van der Waals surface area contributed by atoms with E-state index in [9.17, 15) is 4.79 Å². The highest BCUT2D eigenvalue weighted by molar-refractivity contribution is 7.15. The van der Waals surface area contributed by atoms with Gasteiger partial charge < -0.3 is 14.7 Å². The fraction of sp³-hybridized carbons (Fsp3) is 0.471. The van der Waals surface area contributed by atoms with Crippen molar-refractivity contribution in [2.45, 2.75) is 39.2 Å². The van der Waals surface area contributed by atoms with Gasteiger partial charge in [0, 0.05) is 42.8 Å². The summed E-state index contributed by atoms with van der Waals surface area (Å²) in [5.41, 5.74) is 2.93. The maximum absolute atomic E-state index is 12.6. The summed E-state index contributed by atoms with van der Waals surface area (Å²) in [7, 11) is 0. The van der Waals surface area contributed by atoms with Crippen LogP contribution >= 0.6 is 11.3 Å². The molecule has 0 aromatic carbocycles. The summed E-state index contributed by atoms with van der Waals surface area (Å²) in [5.74, 6) is 0.806. The van der Waals surface area contributed by atoms with Crippen LogP contribution in [0.5, 0.6) is 0 Å². The van der Waals surface area contributed by atoms with Crippen LogP contribution in [0.15, 0.2) is 22.3 Å². The Bertz CT molecular complexity index is 848. The molecule has 4 rings (SSSR count). The Hall–Kier alpha value is -2.35. The number of nitrogens with zero attached hydrogens (tertiary/aromatic N) is 4. The van der Waals surface area contributed by atoms with E-state index in [1.54, 1.807) is 11.3 Å². The quantitative estimate of drug-likeness (QED) is 0.777. The van der Waals surface area contributed by atoms with Gasteiger partial charge in [0.1, 0.15) is 5.76 Å². The van der Waals surface area contributed by atoms with E-state index < -0.39 is 0 Å². The molecule has 0 spiro atoms. The fourth-order valence-electron chi connectivity index (χ4n) is 3.57. The van der Waals surface area contributed by atoms with Crippen LogP contribution < -0.4 is 5.32 Å². The third kappa shape index (κ3) is 3.02. The average Bonchev–Trinajstić information content (AvgIpc) is 3.31. The molecule has 1 atom stereocenters. The van der Waals surface area contributed by atoms with Crippen molar-refractivity contribution in [3.05, 3.63) is 40.5 Å². The van der Waals surface area contributed by atoms with Crippen LogP contribution in [0.3, 0.4) is 0 Å². The van der Waals surface area contributed by atoms with Gasteiger partial charge in [0.05, 0.1) is 17.4 Å². The summed E-state index contributed by atoms with van der Waals surface area (Å²) in [6, 6.07) is 0.0349. The van der Waals surface area contributed by atoms with Crippen LogP contribution in [0.1, 0.15) is 41.6 Å². The van der Waals surface area contributed by atoms with Gasteiger partial charge in [0.2, 0.25) is 0 Å². The molecule has 4 heterocycles. The number of carbonyl (C=O) groups excluding carboxylic acids is 1. The van der Waals surface area contributed by atoms with Gasteiger partial charge in [-0.05, 0) is 26.7 Å². The molecule has 25 heavy (non-hydrogen) atoms. The molecule has 0 bridgehead atoms. The number of nitrogens with one attached hydrogen (secondary N) is 1. The molecule has 1 N–H and O–H groups in total. The molecule has 132 valence electrons. The zero-order chi connectivity index (χ0) is 17.4. The number of fused-ring (bicyclic) bond motifs is 1. The third-order valence-corrected chi connectivity index (χ3v) is 5.51. The third-order valence-electron chi connectivity index (χ3n) is 4.74. The van der Waals surface area contributed by atoms with Crippen molar-refractivity contribution in [2.75, 3.05) is 13.1 Å². The van der Waals surface area contributed by atoms with E-state index in [1.165, 1.54) is 0 Å². The first kappa shape index (κ1) is 16.1. The number of hydrogen-bond acceptors (Lipinski definition) is 5. The normalized spacial score (nSPS) is 17.5. The second-order valence-corrected chi connectivity index (χ2v) is 7.27. The maximum Gasteiger partial charge on any atom is 0.317 e. The number of likely N-dealkylation sites (tertiary alicyclic amines) is 1. The summed E-state index contributed by atoms with van der Waals surface area (Å²) >= 11 is 1.61. The SMILES string of the molecule is Cc1noc(C)c1[C@H]1CCCN1C(=O)NCCc1cn2ccsc2n1. The largest absolute Gasteiger partial charge is 0.361 e. The second-order valence-electron chi connectivity index (χ2n) is 6.40. The Kier molecular flexibility index (Phi) is 4.20. The van der Waals surface area contributed by atoms with E-state index in [0.717, 1.165) is 53.5 Å². The van der Waals surface area contributed by atoms with Crippen LogP contribution in [-0.2, 0) is 6.42 Å². The van der Waals surface area contributed by atoms with E-state index in [0.29, 0.717) is 6.54 Å². The van der Waals surface area contributed by atoms with E-state index in [1.807, 2.05) is 40.9 Å². The van der Waals surface area contributed by atoms with Crippen molar-refractivity contribution in [1.82, 2.24) is 24.8 Å². The zero-order valence-electron chi connectivity index (χ0n) is 14.4. The molecular formula is C17H21N5O2S. The van der Waals surface area contributed by atoms with Crippen molar-refractivity contribution >= 4 is 22.3 Å². The lowest BCUT2D eigenvalue weighted by Crippen LogP contribution is -2.40. The van der Waals surface area contributed by atoms with Crippen molar-refractivity contribution < 1.29 is 9.32 Å². The molecule has 0 radical (unpaired) electrons. The molecule has 7 nitrogen and oxygen atoms in total. The van der Waals surface area contributed by atoms with Gasteiger partial charge in [-0.3, -0.25) is 4.40 Å².